The third kappa shape index (κ3) is 5.00. The van der Waals surface area contributed by atoms with E-state index in [1.165, 1.54) is 11.4 Å². The molecule has 1 aromatic carbocycles. The largest absolute Gasteiger partial charge is 0.468 e. The summed E-state index contributed by atoms with van der Waals surface area (Å²) in [7, 11) is -2.05. The highest BCUT2D eigenvalue weighted by molar-refractivity contribution is 8.01. The van der Waals surface area contributed by atoms with Crippen molar-refractivity contribution in [3.63, 3.8) is 0 Å². The molecule has 0 atom stereocenters. The van der Waals surface area contributed by atoms with Crippen LogP contribution in [0.5, 0.6) is 0 Å². The van der Waals surface area contributed by atoms with Crippen molar-refractivity contribution in [1.29, 1.82) is 0 Å². The van der Waals surface area contributed by atoms with Gasteiger partial charge in [-0.2, -0.15) is 0 Å². The standard InChI is InChI=1S/C16H18N4O5S3/c1-25-13(21)10-26-16-19-18-15(27-16)17-14(22)11-5-4-6-12(9-11)20-7-2-3-8-28(20,23)24/h4-6,9H,2-3,7-8,10H2,1H3,(H,17,18,22). The molecule has 150 valence electrons. The van der Waals surface area contributed by atoms with Gasteiger partial charge in [0, 0.05) is 12.1 Å². The Labute approximate surface area is 170 Å². The lowest BCUT2D eigenvalue weighted by Crippen LogP contribution is -2.37. The SMILES string of the molecule is COC(=O)CSc1nnc(NC(=O)c2cccc(N3CCCCS3(=O)=O)c2)s1. The number of aromatic nitrogens is 2. The third-order valence-electron chi connectivity index (χ3n) is 3.91. The van der Waals surface area contributed by atoms with Crippen LogP contribution < -0.4 is 9.62 Å². The summed E-state index contributed by atoms with van der Waals surface area (Å²) in [6, 6.07) is 6.47. The van der Waals surface area contributed by atoms with E-state index >= 15 is 0 Å². The van der Waals surface area contributed by atoms with Crippen LogP contribution in [-0.4, -0.2) is 55.7 Å². The number of ether oxygens (including phenoxy) is 1. The minimum atomic E-state index is -3.35. The predicted octanol–water partition coefficient (Wildman–Crippen LogP) is 1.99. The lowest BCUT2D eigenvalue weighted by atomic mass is 10.2. The summed E-state index contributed by atoms with van der Waals surface area (Å²) in [5, 5.41) is 10.7. The Hall–Kier alpha value is -2.18. The van der Waals surface area contributed by atoms with E-state index in [1.807, 2.05) is 0 Å². The van der Waals surface area contributed by atoms with E-state index in [4.69, 9.17) is 0 Å². The number of amides is 1. The van der Waals surface area contributed by atoms with Crippen molar-refractivity contribution >= 4 is 55.8 Å². The molecule has 0 unspecified atom stereocenters. The van der Waals surface area contributed by atoms with Gasteiger partial charge in [0.1, 0.15) is 0 Å². The maximum Gasteiger partial charge on any atom is 0.316 e. The fraction of sp³-hybridized carbons (Fsp3) is 0.375. The number of thioether (sulfide) groups is 1. The number of benzene rings is 1. The van der Waals surface area contributed by atoms with Crippen molar-refractivity contribution < 1.29 is 22.7 Å². The second kappa shape index (κ2) is 8.88. The highest BCUT2D eigenvalue weighted by Gasteiger charge is 2.26. The van der Waals surface area contributed by atoms with Gasteiger partial charge in [-0.25, -0.2) is 8.42 Å². The molecule has 1 fully saturated rings. The molecule has 0 aliphatic carbocycles. The lowest BCUT2D eigenvalue weighted by molar-refractivity contribution is -0.137. The zero-order valence-corrected chi connectivity index (χ0v) is 17.4. The maximum absolute atomic E-state index is 12.5. The lowest BCUT2D eigenvalue weighted by Gasteiger charge is -2.28. The maximum atomic E-state index is 12.5. The van der Waals surface area contributed by atoms with Crippen molar-refractivity contribution in [2.45, 2.75) is 17.2 Å². The van der Waals surface area contributed by atoms with Gasteiger partial charge in [0.15, 0.2) is 4.34 Å². The number of methoxy groups -OCH3 is 1. The van der Waals surface area contributed by atoms with Crippen LogP contribution in [0.25, 0.3) is 0 Å². The first kappa shape index (κ1) is 20.6. The number of sulfonamides is 1. The topological polar surface area (TPSA) is 119 Å². The van der Waals surface area contributed by atoms with E-state index in [1.54, 1.807) is 24.3 Å². The van der Waals surface area contributed by atoms with E-state index < -0.39 is 15.9 Å². The van der Waals surface area contributed by atoms with Gasteiger partial charge in [-0.1, -0.05) is 29.2 Å². The van der Waals surface area contributed by atoms with Crippen molar-refractivity contribution in [1.82, 2.24) is 10.2 Å². The number of carbonyl (C=O) groups excluding carboxylic acids is 2. The molecular weight excluding hydrogens is 424 g/mol. The normalized spacial score (nSPS) is 15.8. The Morgan fingerprint density at radius 1 is 1.32 bits per heavy atom. The molecule has 0 radical (unpaired) electrons. The minimum absolute atomic E-state index is 0.103. The Kier molecular flexibility index (Phi) is 6.52. The summed E-state index contributed by atoms with van der Waals surface area (Å²) in [4.78, 5) is 23.7. The van der Waals surface area contributed by atoms with E-state index in [0.717, 1.165) is 29.5 Å². The number of nitrogens with zero attached hydrogens (tertiary/aromatic N) is 3. The molecule has 1 aromatic heterocycles. The second-order valence-electron chi connectivity index (χ2n) is 5.84. The Morgan fingerprint density at radius 2 is 2.14 bits per heavy atom. The van der Waals surface area contributed by atoms with Gasteiger partial charge in [0.05, 0.1) is 24.3 Å². The first-order chi connectivity index (χ1) is 13.4. The quantitative estimate of drug-likeness (QED) is 0.410. The monoisotopic (exact) mass is 442 g/mol. The van der Waals surface area contributed by atoms with Gasteiger partial charge >= 0.3 is 5.97 Å². The highest BCUT2D eigenvalue weighted by atomic mass is 32.2. The van der Waals surface area contributed by atoms with Crippen molar-refractivity contribution in [2.75, 3.05) is 34.8 Å². The van der Waals surface area contributed by atoms with Crippen LogP contribution in [0.3, 0.4) is 0 Å². The Bertz CT molecular complexity index is 976. The number of anilines is 2. The van der Waals surface area contributed by atoms with Gasteiger partial charge in [0.25, 0.3) is 5.91 Å². The molecule has 0 bridgehead atoms. The van der Waals surface area contributed by atoms with Crippen LogP contribution in [0.4, 0.5) is 10.8 Å². The highest BCUT2D eigenvalue weighted by Crippen LogP contribution is 2.27. The number of esters is 1. The molecule has 28 heavy (non-hydrogen) atoms. The summed E-state index contributed by atoms with van der Waals surface area (Å²) in [6.07, 6.45) is 1.43. The molecule has 2 heterocycles. The molecule has 1 aliphatic heterocycles. The molecule has 0 spiro atoms. The average Bonchev–Trinajstić information content (AvgIpc) is 3.13. The van der Waals surface area contributed by atoms with E-state index in [0.29, 0.717) is 28.6 Å². The Morgan fingerprint density at radius 3 is 2.89 bits per heavy atom. The third-order valence-corrected chi connectivity index (χ3v) is 7.73. The summed E-state index contributed by atoms with van der Waals surface area (Å²) in [5.41, 5.74) is 0.788. The second-order valence-corrected chi connectivity index (χ2v) is 10.1. The van der Waals surface area contributed by atoms with Crippen LogP contribution in [0.2, 0.25) is 0 Å². The van der Waals surface area contributed by atoms with E-state index in [-0.39, 0.29) is 22.6 Å². The summed E-state index contributed by atoms with van der Waals surface area (Å²) in [6.45, 7) is 0.407. The van der Waals surface area contributed by atoms with Gasteiger partial charge in [-0.3, -0.25) is 19.2 Å². The van der Waals surface area contributed by atoms with Crippen LogP contribution in [0.1, 0.15) is 23.2 Å². The molecule has 2 aromatic rings. The number of nitrogens with one attached hydrogen (secondary N) is 1. The minimum Gasteiger partial charge on any atom is -0.468 e. The summed E-state index contributed by atoms with van der Waals surface area (Å²) < 4.78 is 31.0. The molecule has 1 aliphatic rings. The van der Waals surface area contributed by atoms with Crippen molar-refractivity contribution in [2.24, 2.45) is 0 Å². The molecule has 9 nitrogen and oxygen atoms in total. The first-order valence-electron chi connectivity index (χ1n) is 8.34. The van der Waals surface area contributed by atoms with Gasteiger partial charge < -0.3 is 4.74 Å². The number of hydrogen-bond acceptors (Lipinski definition) is 9. The fourth-order valence-electron chi connectivity index (χ4n) is 2.55. The molecule has 1 saturated heterocycles. The van der Waals surface area contributed by atoms with Crippen LogP contribution in [0, 0.1) is 0 Å². The van der Waals surface area contributed by atoms with E-state index in [2.05, 4.69) is 20.3 Å². The van der Waals surface area contributed by atoms with Gasteiger partial charge in [0.2, 0.25) is 15.2 Å². The van der Waals surface area contributed by atoms with E-state index in [9.17, 15) is 18.0 Å². The van der Waals surface area contributed by atoms with Crippen LogP contribution in [-0.2, 0) is 19.6 Å². The van der Waals surface area contributed by atoms with Crippen molar-refractivity contribution in [3.8, 4) is 0 Å². The van der Waals surface area contributed by atoms with Gasteiger partial charge in [-0.15, -0.1) is 10.2 Å². The number of hydrogen-bond donors (Lipinski definition) is 1. The predicted molar refractivity (Wildman–Crippen MR) is 107 cm³/mol. The Balaban J connectivity index is 1.68. The molecule has 12 heteroatoms. The van der Waals surface area contributed by atoms with Crippen LogP contribution in [0.15, 0.2) is 28.6 Å². The molecule has 1 N–H and O–H groups in total. The van der Waals surface area contributed by atoms with Crippen LogP contribution >= 0.6 is 23.1 Å². The fourth-order valence-corrected chi connectivity index (χ4v) is 5.76. The van der Waals surface area contributed by atoms with Crippen molar-refractivity contribution in [3.05, 3.63) is 29.8 Å². The average molecular weight is 443 g/mol. The van der Waals surface area contributed by atoms with Gasteiger partial charge in [-0.05, 0) is 31.0 Å². The molecule has 1 amide bonds. The zero-order chi connectivity index (χ0) is 20.1. The molecule has 3 rings (SSSR count). The molecule has 0 saturated carbocycles. The summed E-state index contributed by atoms with van der Waals surface area (Å²) in [5.74, 6) is -0.585. The summed E-state index contributed by atoms with van der Waals surface area (Å²) >= 11 is 2.30. The molecular formula is C16H18N4O5S3. The number of rotatable bonds is 6. The smallest absolute Gasteiger partial charge is 0.316 e. The first-order valence-corrected chi connectivity index (χ1v) is 11.7. The number of carbonyl (C=O) groups is 2. The zero-order valence-electron chi connectivity index (χ0n) is 15.0.